The molecule has 0 spiro atoms. The van der Waals surface area contributed by atoms with E-state index in [1.54, 1.807) is 24.3 Å². The number of nitrogens with zero attached hydrogens (tertiary/aromatic N) is 3. The van der Waals surface area contributed by atoms with Gasteiger partial charge in [-0.15, -0.1) is 0 Å². The lowest BCUT2D eigenvalue weighted by atomic mass is 10.0. The summed E-state index contributed by atoms with van der Waals surface area (Å²) in [5.41, 5.74) is 1.01. The van der Waals surface area contributed by atoms with Crippen LogP contribution in [-0.4, -0.2) is 42.0 Å². The Balaban J connectivity index is 1.72. The predicted octanol–water partition coefficient (Wildman–Crippen LogP) is 2.75. The fourth-order valence-electron chi connectivity index (χ4n) is 3.05. The lowest BCUT2D eigenvalue weighted by Gasteiger charge is -2.30. The minimum atomic E-state index is -0.508. The Morgan fingerprint density at radius 3 is 2.65 bits per heavy atom. The third-order valence-electron chi connectivity index (χ3n) is 4.42. The zero-order chi connectivity index (χ0) is 18.5. The molecule has 1 N–H and O–H groups in total. The van der Waals surface area contributed by atoms with Gasteiger partial charge in [0.1, 0.15) is 0 Å². The van der Waals surface area contributed by atoms with Crippen LogP contribution in [0.5, 0.6) is 0 Å². The first kappa shape index (κ1) is 17.8. The first-order valence-electron chi connectivity index (χ1n) is 8.64. The Hall–Kier alpha value is -2.96. The molecule has 7 heteroatoms. The van der Waals surface area contributed by atoms with Crippen molar-refractivity contribution in [2.75, 3.05) is 30.4 Å². The van der Waals surface area contributed by atoms with Crippen LogP contribution in [0.25, 0.3) is 0 Å². The standard InChI is InChI=1S/C19H22N4O3/c1-13-6-5-9-23(12-13)19-20-10-14(11-21-19)17(24)22-16-8-4-3-7-15(16)18(25)26-2/h3-4,7-8,10-11,13H,5-6,9,12H2,1-2H3,(H,22,24). The molecule has 1 atom stereocenters. The highest BCUT2D eigenvalue weighted by Gasteiger charge is 2.19. The highest BCUT2D eigenvalue weighted by atomic mass is 16.5. The Kier molecular flexibility index (Phi) is 5.46. The van der Waals surface area contributed by atoms with E-state index in [0.717, 1.165) is 19.5 Å². The second-order valence-corrected chi connectivity index (χ2v) is 6.46. The number of hydrogen-bond acceptors (Lipinski definition) is 6. The molecule has 1 amide bonds. The Bertz CT molecular complexity index is 792. The van der Waals surface area contributed by atoms with Crippen molar-refractivity contribution in [3.8, 4) is 0 Å². The number of hydrogen-bond donors (Lipinski definition) is 1. The zero-order valence-corrected chi connectivity index (χ0v) is 14.9. The summed E-state index contributed by atoms with van der Waals surface area (Å²) in [6.45, 7) is 4.08. The molecule has 1 fully saturated rings. The zero-order valence-electron chi connectivity index (χ0n) is 14.9. The van der Waals surface area contributed by atoms with Gasteiger partial charge in [0.2, 0.25) is 5.95 Å². The second kappa shape index (κ2) is 7.95. The lowest BCUT2D eigenvalue weighted by Crippen LogP contribution is -2.35. The van der Waals surface area contributed by atoms with Crippen molar-refractivity contribution in [3.05, 3.63) is 47.8 Å². The first-order valence-corrected chi connectivity index (χ1v) is 8.64. The van der Waals surface area contributed by atoms with Gasteiger partial charge in [0.25, 0.3) is 5.91 Å². The molecular formula is C19H22N4O3. The summed E-state index contributed by atoms with van der Waals surface area (Å²) in [6, 6.07) is 6.69. The molecule has 1 unspecified atom stereocenters. The number of amides is 1. The summed E-state index contributed by atoms with van der Waals surface area (Å²) >= 11 is 0. The molecule has 0 aliphatic carbocycles. The molecule has 1 aliphatic rings. The van der Waals surface area contributed by atoms with E-state index in [9.17, 15) is 9.59 Å². The Labute approximate surface area is 152 Å². The van der Waals surface area contributed by atoms with E-state index in [0.29, 0.717) is 28.7 Å². The minimum Gasteiger partial charge on any atom is -0.465 e. The Morgan fingerprint density at radius 2 is 1.96 bits per heavy atom. The molecule has 0 saturated carbocycles. The van der Waals surface area contributed by atoms with E-state index in [1.165, 1.54) is 25.9 Å². The van der Waals surface area contributed by atoms with Gasteiger partial charge in [0, 0.05) is 25.5 Å². The molecule has 26 heavy (non-hydrogen) atoms. The van der Waals surface area contributed by atoms with Gasteiger partial charge in [-0.3, -0.25) is 4.79 Å². The van der Waals surface area contributed by atoms with Gasteiger partial charge < -0.3 is 15.0 Å². The highest BCUT2D eigenvalue weighted by Crippen LogP contribution is 2.20. The number of carbonyl (C=O) groups is 2. The summed E-state index contributed by atoms with van der Waals surface area (Å²) in [5, 5.41) is 2.71. The van der Waals surface area contributed by atoms with Crippen LogP contribution in [0.3, 0.4) is 0 Å². The van der Waals surface area contributed by atoms with Crippen LogP contribution in [-0.2, 0) is 4.74 Å². The average Bonchev–Trinajstić information content (AvgIpc) is 2.68. The fraction of sp³-hybridized carbons (Fsp3) is 0.368. The molecule has 0 radical (unpaired) electrons. The van der Waals surface area contributed by atoms with E-state index in [1.807, 2.05) is 0 Å². The smallest absolute Gasteiger partial charge is 0.339 e. The van der Waals surface area contributed by atoms with Crippen molar-refractivity contribution in [2.45, 2.75) is 19.8 Å². The van der Waals surface area contributed by atoms with Gasteiger partial charge in [-0.25, -0.2) is 14.8 Å². The third kappa shape index (κ3) is 3.99. The summed E-state index contributed by atoms with van der Waals surface area (Å²) < 4.78 is 4.74. The molecule has 0 bridgehead atoms. The van der Waals surface area contributed by atoms with Crippen LogP contribution >= 0.6 is 0 Å². The van der Waals surface area contributed by atoms with Crippen LogP contribution in [0.15, 0.2) is 36.7 Å². The van der Waals surface area contributed by atoms with E-state index < -0.39 is 5.97 Å². The van der Waals surface area contributed by atoms with Crippen LogP contribution in [0.2, 0.25) is 0 Å². The molecular weight excluding hydrogens is 332 g/mol. The predicted molar refractivity (Wildman–Crippen MR) is 98.4 cm³/mol. The summed E-state index contributed by atoms with van der Waals surface area (Å²) in [6.07, 6.45) is 5.36. The first-order chi connectivity index (χ1) is 12.6. The van der Waals surface area contributed by atoms with Gasteiger partial charge in [0.15, 0.2) is 0 Å². The van der Waals surface area contributed by atoms with Gasteiger partial charge in [-0.2, -0.15) is 0 Å². The average molecular weight is 354 g/mol. The summed E-state index contributed by atoms with van der Waals surface area (Å²) in [7, 11) is 1.30. The van der Waals surface area contributed by atoms with E-state index in [2.05, 4.69) is 27.1 Å². The number of anilines is 2. The number of nitrogens with one attached hydrogen (secondary N) is 1. The van der Waals surface area contributed by atoms with Crippen molar-refractivity contribution in [3.63, 3.8) is 0 Å². The van der Waals surface area contributed by atoms with E-state index in [-0.39, 0.29) is 5.91 Å². The minimum absolute atomic E-state index is 0.295. The monoisotopic (exact) mass is 354 g/mol. The van der Waals surface area contributed by atoms with Crippen molar-refractivity contribution in [1.29, 1.82) is 0 Å². The topological polar surface area (TPSA) is 84.4 Å². The van der Waals surface area contributed by atoms with Crippen LogP contribution in [0.4, 0.5) is 11.6 Å². The van der Waals surface area contributed by atoms with Gasteiger partial charge >= 0.3 is 5.97 Å². The quantitative estimate of drug-likeness (QED) is 0.850. The maximum atomic E-state index is 12.5. The molecule has 3 rings (SSSR count). The van der Waals surface area contributed by atoms with Crippen molar-refractivity contribution >= 4 is 23.5 Å². The Morgan fingerprint density at radius 1 is 1.23 bits per heavy atom. The number of para-hydroxylation sites is 1. The lowest BCUT2D eigenvalue weighted by molar-refractivity contribution is 0.0602. The molecule has 136 valence electrons. The molecule has 1 aromatic heterocycles. The van der Waals surface area contributed by atoms with E-state index >= 15 is 0 Å². The van der Waals surface area contributed by atoms with Crippen LogP contribution in [0.1, 0.15) is 40.5 Å². The molecule has 2 heterocycles. The van der Waals surface area contributed by atoms with Gasteiger partial charge in [-0.05, 0) is 30.9 Å². The summed E-state index contributed by atoms with van der Waals surface area (Å²) in [4.78, 5) is 35.1. The van der Waals surface area contributed by atoms with Gasteiger partial charge in [0.05, 0.1) is 23.9 Å². The number of benzene rings is 1. The highest BCUT2D eigenvalue weighted by molar-refractivity contribution is 6.07. The van der Waals surface area contributed by atoms with Gasteiger partial charge in [-0.1, -0.05) is 19.1 Å². The number of piperidine rings is 1. The number of rotatable bonds is 4. The van der Waals surface area contributed by atoms with Crippen LogP contribution < -0.4 is 10.2 Å². The number of methoxy groups -OCH3 is 1. The largest absolute Gasteiger partial charge is 0.465 e. The normalized spacial score (nSPS) is 16.8. The van der Waals surface area contributed by atoms with Crippen molar-refractivity contribution < 1.29 is 14.3 Å². The molecule has 7 nitrogen and oxygen atoms in total. The maximum Gasteiger partial charge on any atom is 0.339 e. The van der Waals surface area contributed by atoms with Crippen LogP contribution in [0, 0.1) is 5.92 Å². The third-order valence-corrected chi connectivity index (χ3v) is 4.42. The number of carbonyl (C=O) groups excluding carboxylic acids is 2. The molecule has 1 aliphatic heterocycles. The molecule has 2 aromatic rings. The fourth-order valence-corrected chi connectivity index (χ4v) is 3.05. The molecule has 1 saturated heterocycles. The van der Waals surface area contributed by atoms with Crippen molar-refractivity contribution in [1.82, 2.24) is 9.97 Å². The van der Waals surface area contributed by atoms with Crippen molar-refractivity contribution in [2.24, 2.45) is 5.92 Å². The summed E-state index contributed by atoms with van der Waals surface area (Å²) in [5.74, 6) is 0.375. The number of aromatic nitrogens is 2. The second-order valence-electron chi connectivity index (χ2n) is 6.46. The SMILES string of the molecule is COC(=O)c1ccccc1NC(=O)c1cnc(N2CCCC(C)C2)nc1. The number of ether oxygens (including phenoxy) is 1. The number of esters is 1. The molecule has 1 aromatic carbocycles. The maximum absolute atomic E-state index is 12.5. The van der Waals surface area contributed by atoms with E-state index in [4.69, 9.17) is 4.74 Å².